The molecule has 4 aliphatic rings. The Morgan fingerprint density at radius 2 is 1.97 bits per heavy atom. The van der Waals surface area contributed by atoms with Crippen LogP contribution in [0.25, 0.3) is 5.00 Å². The Hall–Kier alpha value is -1.62. The molecule has 2 N–H and O–H groups in total. The zero-order valence-electron chi connectivity index (χ0n) is 18.9. The van der Waals surface area contributed by atoms with E-state index in [9.17, 15) is 4.79 Å². The summed E-state index contributed by atoms with van der Waals surface area (Å²) in [5.74, 6) is 2.72. The van der Waals surface area contributed by atoms with Crippen molar-refractivity contribution in [3.05, 3.63) is 16.0 Å². The second kappa shape index (κ2) is 8.00. The van der Waals surface area contributed by atoms with Crippen LogP contribution in [0, 0.1) is 5.92 Å². The van der Waals surface area contributed by atoms with Gasteiger partial charge >= 0.3 is 0 Å². The molecular formula is C22H31N7OS2. The molecule has 0 radical (unpaired) electrons. The Bertz CT molecular complexity index is 1040. The molecule has 5 heterocycles. The summed E-state index contributed by atoms with van der Waals surface area (Å²) in [5.41, 5.74) is 6.41. The first kappa shape index (κ1) is 20.9. The summed E-state index contributed by atoms with van der Waals surface area (Å²) in [6, 6.07) is 0. The van der Waals surface area contributed by atoms with Gasteiger partial charge in [0, 0.05) is 23.5 Å². The third kappa shape index (κ3) is 3.29. The zero-order valence-corrected chi connectivity index (χ0v) is 20.6. The van der Waals surface area contributed by atoms with Crippen molar-refractivity contribution in [2.24, 2.45) is 5.92 Å². The lowest BCUT2D eigenvalue weighted by molar-refractivity contribution is -0.129. The number of nitrogens with one attached hydrogen (secondary N) is 2. The number of likely N-dealkylation sites (tertiary alicyclic amines) is 1. The largest absolute Gasteiger partial charge is 0.342 e. The maximum absolute atomic E-state index is 12.9. The van der Waals surface area contributed by atoms with Gasteiger partial charge in [0.05, 0.1) is 11.9 Å². The molecule has 2 saturated heterocycles. The number of carbonyl (C=O) groups is 1. The number of fused-ring (bicyclic) bond motifs is 8. The van der Waals surface area contributed by atoms with Crippen molar-refractivity contribution < 1.29 is 4.79 Å². The number of rotatable bonds is 3. The average Bonchev–Trinajstić information content (AvgIpc) is 3.46. The van der Waals surface area contributed by atoms with Gasteiger partial charge in [-0.05, 0) is 56.4 Å². The fraction of sp³-hybridized carbons (Fsp3) is 0.682. The normalized spacial score (nSPS) is 27.2. The first-order valence-corrected chi connectivity index (χ1v) is 13.6. The Morgan fingerprint density at radius 3 is 2.78 bits per heavy atom. The summed E-state index contributed by atoms with van der Waals surface area (Å²) in [7, 11) is 0. The van der Waals surface area contributed by atoms with Crippen molar-refractivity contribution in [3.8, 4) is 5.00 Å². The zero-order chi connectivity index (χ0) is 22.0. The van der Waals surface area contributed by atoms with Gasteiger partial charge in [0.15, 0.2) is 5.16 Å². The lowest BCUT2D eigenvalue weighted by Crippen LogP contribution is -2.40. The molecule has 1 aliphatic carbocycles. The van der Waals surface area contributed by atoms with Gasteiger partial charge in [0.2, 0.25) is 11.9 Å². The van der Waals surface area contributed by atoms with E-state index < -0.39 is 0 Å². The number of aromatic nitrogens is 3. The van der Waals surface area contributed by atoms with Gasteiger partial charge in [-0.25, -0.2) is 9.99 Å². The molecule has 2 unspecified atom stereocenters. The highest BCUT2D eigenvalue weighted by molar-refractivity contribution is 7.99. The molecule has 32 heavy (non-hydrogen) atoms. The van der Waals surface area contributed by atoms with Gasteiger partial charge in [-0.3, -0.25) is 15.1 Å². The van der Waals surface area contributed by atoms with E-state index in [2.05, 4.69) is 51.3 Å². The second-order valence-corrected chi connectivity index (χ2v) is 11.7. The number of thioether (sulfide) groups is 1. The smallest absolute Gasteiger partial charge is 0.249 e. The van der Waals surface area contributed by atoms with Crippen LogP contribution in [-0.4, -0.2) is 50.6 Å². The molecule has 0 bridgehead atoms. The van der Waals surface area contributed by atoms with Crippen LogP contribution in [0.15, 0.2) is 5.16 Å². The lowest BCUT2D eigenvalue weighted by Gasteiger charge is -2.32. The van der Waals surface area contributed by atoms with Crippen LogP contribution in [0.2, 0.25) is 0 Å². The van der Waals surface area contributed by atoms with E-state index in [1.54, 1.807) is 0 Å². The highest BCUT2D eigenvalue weighted by Crippen LogP contribution is 2.50. The van der Waals surface area contributed by atoms with Crippen LogP contribution in [0.3, 0.4) is 0 Å². The molecular weight excluding hydrogens is 442 g/mol. The number of nitrogens with zero attached hydrogens (tertiary/aromatic N) is 5. The number of hydrogen-bond acceptors (Lipinski definition) is 8. The molecule has 10 heteroatoms. The third-order valence-electron chi connectivity index (χ3n) is 7.34. The van der Waals surface area contributed by atoms with Gasteiger partial charge in [-0.2, -0.15) is 0 Å². The van der Waals surface area contributed by atoms with E-state index in [-0.39, 0.29) is 18.2 Å². The maximum Gasteiger partial charge on any atom is 0.249 e. The van der Waals surface area contributed by atoms with Gasteiger partial charge in [0.25, 0.3) is 0 Å². The second-order valence-electron chi connectivity index (χ2n) is 9.71. The Balaban J connectivity index is 1.33. The van der Waals surface area contributed by atoms with Crippen LogP contribution < -0.4 is 15.8 Å². The number of piperidine rings is 1. The SMILES string of the molecule is CC1CCN(C(=O)CSc2nnc3n2-c2sc4c(c2C2NC(C)NN32)[C@@H](C)CCC4)CC1. The fourth-order valence-corrected chi connectivity index (χ4v) is 7.93. The van der Waals surface area contributed by atoms with Crippen molar-refractivity contribution >= 4 is 35.0 Å². The Kier molecular flexibility index (Phi) is 5.24. The van der Waals surface area contributed by atoms with Crippen molar-refractivity contribution in [3.63, 3.8) is 0 Å². The van der Waals surface area contributed by atoms with E-state index in [4.69, 9.17) is 0 Å². The molecule has 0 saturated carbocycles. The topological polar surface area (TPSA) is 78.3 Å². The van der Waals surface area contributed by atoms with Crippen LogP contribution >= 0.6 is 23.1 Å². The molecule has 2 fully saturated rings. The summed E-state index contributed by atoms with van der Waals surface area (Å²) in [5, 5.41) is 17.0. The van der Waals surface area contributed by atoms with Crippen LogP contribution in [-0.2, 0) is 11.2 Å². The molecule has 3 atom stereocenters. The maximum atomic E-state index is 12.9. The van der Waals surface area contributed by atoms with E-state index in [1.807, 2.05) is 16.2 Å². The quantitative estimate of drug-likeness (QED) is 0.662. The minimum Gasteiger partial charge on any atom is -0.342 e. The number of hydrogen-bond donors (Lipinski definition) is 2. The van der Waals surface area contributed by atoms with Gasteiger partial charge in [-0.15, -0.1) is 21.5 Å². The molecule has 8 nitrogen and oxygen atoms in total. The molecule has 0 aromatic carbocycles. The number of thiophene rings is 1. The van der Waals surface area contributed by atoms with E-state index in [0.717, 1.165) is 49.4 Å². The van der Waals surface area contributed by atoms with E-state index >= 15 is 0 Å². The fourth-order valence-electron chi connectivity index (χ4n) is 5.54. The van der Waals surface area contributed by atoms with Crippen molar-refractivity contribution in [2.75, 3.05) is 23.9 Å². The average molecular weight is 474 g/mol. The molecule has 1 amide bonds. The number of carbonyl (C=O) groups excluding carboxylic acids is 1. The lowest BCUT2D eigenvalue weighted by atomic mass is 9.85. The molecule has 0 spiro atoms. The standard InChI is InChI=1S/C22H31N7OS2/c1-12-7-9-27(10-8-12)16(30)11-31-22-25-24-21-28(22)20-18(19-23-14(3)26-29(19)21)17-13(2)5-4-6-15(17)32-20/h12-14,19,23,26H,4-11H2,1-3H3/t13-,14?,19?/m0/s1. The molecule has 3 aliphatic heterocycles. The van der Waals surface area contributed by atoms with Crippen LogP contribution in [0.4, 0.5) is 5.95 Å². The molecule has 2 aromatic rings. The minimum atomic E-state index is 0.0760. The van der Waals surface area contributed by atoms with Crippen molar-refractivity contribution in [1.29, 1.82) is 0 Å². The predicted molar refractivity (Wildman–Crippen MR) is 127 cm³/mol. The predicted octanol–water partition coefficient (Wildman–Crippen LogP) is 3.39. The monoisotopic (exact) mass is 473 g/mol. The number of anilines is 1. The Morgan fingerprint density at radius 1 is 1.16 bits per heavy atom. The van der Waals surface area contributed by atoms with Crippen molar-refractivity contribution in [1.82, 2.24) is 30.4 Å². The Labute approximate surface area is 197 Å². The minimum absolute atomic E-state index is 0.0760. The highest BCUT2D eigenvalue weighted by Gasteiger charge is 2.44. The molecule has 6 rings (SSSR count). The van der Waals surface area contributed by atoms with Gasteiger partial charge in [0.1, 0.15) is 11.2 Å². The first-order chi connectivity index (χ1) is 15.5. The van der Waals surface area contributed by atoms with Crippen LogP contribution in [0.1, 0.15) is 74.5 Å². The summed E-state index contributed by atoms with van der Waals surface area (Å²) >= 11 is 3.42. The molecule has 172 valence electrons. The van der Waals surface area contributed by atoms with Crippen LogP contribution in [0.5, 0.6) is 0 Å². The third-order valence-corrected chi connectivity index (χ3v) is 9.52. The van der Waals surface area contributed by atoms with Gasteiger partial charge in [-0.1, -0.05) is 25.6 Å². The number of amides is 1. The first-order valence-electron chi connectivity index (χ1n) is 11.8. The summed E-state index contributed by atoms with van der Waals surface area (Å²) in [6.07, 6.45) is 6.09. The van der Waals surface area contributed by atoms with E-state index in [1.165, 1.54) is 45.6 Å². The van der Waals surface area contributed by atoms with Gasteiger partial charge < -0.3 is 4.90 Å². The summed E-state index contributed by atoms with van der Waals surface area (Å²) < 4.78 is 2.19. The molecule has 2 aromatic heterocycles. The summed E-state index contributed by atoms with van der Waals surface area (Å²) in [6.45, 7) is 8.51. The summed E-state index contributed by atoms with van der Waals surface area (Å²) in [4.78, 5) is 16.4. The number of hydrazine groups is 1. The van der Waals surface area contributed by atoms with E-state index in [0.29, 0.717) is 11.7 Å². The van der Waals surface area contributed by atoms with Crippen molar-refractivity contribution in [2.45, 2.75) is 76.3 Å². The number of aryl methyl sites for hydroxylation is 1. The highest BCUT2D eigenvalue weighted by atomic mass is 32.2.